The summed E-state index contributed by atoms with van der Waals surface area (Å²) in [5, 5.41) is 1.39. The first-order valence-corrected chi connectivity index (χ1v) is 19.8. The molecule has 1 aromatic heterocycles. The van der Waals surface area contributed by atoms with E-state index >= 15 is 0 Å². The van der Waals surface area contributed by atoms with E-state index in [0.29, 0.717) is 0 Å². The second-order valence-corrected chi connectivity index (χ2v) is 16.0. The van der Waals surface area contributed by atoms with Crippen LogP contribution in [0.15, 0.2) is 200 Å². The van der Waals surface area contributed by atoms with Crippen LogP contribution in [0.3, 0.4) is 0 Å². The van der Waals surface area contributed by atoms with Crippen LogP contribution < -0.4 is 4.90 Å². The fourth-order valence-corrected chi connectivity index (χ4v) is 10.0. The molecule has 0 aliphatic heterocycles. The van der Waals surface area contributed by atoms with Crippen molar-refractivity contribution in [3.8, 4) is 54.9 Å². The van der Waals surface area contributed by atoms with Crippen molar-refractivity contribution in [2.75, 3.05) is 4.90 Å². The standard InChI is InChI=1S/C53H39NS/c1-53(2)50-46(20-12-21-48(50)52-51(53)47-19-9-10-22-49(47)55-52)42-18-11-17-41(35-42)40-27-33-45(34-28-40)54(43-29-23-38(24-30-43)36-13-5-3-6-14-36)44-31-25-39(26-32-44)37-15-7-4-8-16-37/h3-35H,1-2H3. The molecule has 0 fully saturated rings. The average molecular weight is 722 g/mol. The van der Waals surface area contributed by atoms with Crippen LogP contribution in [0.4, 0.5) is 17.1 Å². The zero-order valence-electron chi connectivity index (χ0n) is 30.9. The van der Waals surface area contributed by atoms with Gasteiger partial charge < -0.3 is 4.90 Å². The van der Waals surface area contributed by atoms with Crippen LogP contribution >= 0.6 is 11.3 Å². The largest absolute Gasteiger partial charge is 0.311 e. The van der Waals surface area contributed by atoms with Crippen molar-refractivity contribution in [1.29, 1.82) is 0 Å². The minimum absolute atomic E-state index is 0.0967. The fourth-order valence-electron chi connectivity index (χ4n) is 8.62. The van der Waals surface area contributed by atoms with Crippen LogP contribution in [0, 0.1) is 0 Å². The van der Waals surface area contributed by atoms with E-state index < -0.39 is 0 Å². The van der Waals surface area contributed by atoms with Crippen LogP contribution in [0.25, 0.3) is 65.0 Å². The third kappa shape index (κ3) is 5.78. The summed E-state index contributed by atoms with van der Waals surface area (Å²) in [5.41, 5.74) is 17.3. The number of nitrogens with zero attached hydrogens (tertiary/aromatic N) is 1. The molecule has 0 unspecified atom stereocenters. The maximum Gasteiger partial charge on any atom is 0.0462 e. The predicted octanol–water partition coefficient (Wildman–Crippen LogP) is 15.3. The maximum absolute atomic E-state index is 2.40. The first-order valence-electron chi connectivity index (χ1n) is 19.0. The van der Waals surface area contributed by atoms with Gasteiger partial charge in [-0.25, -0.2) is 0 Å². The molecule has 9 aromatic rings. The van der Waals surface area contributed by atoms with E-state index in [4.69, 9.17) is 0 Å². The summed E-state index contributed by atoms with van der Waals surface area (Å²) in [6, 6.07) is 72.8. The van der Waals surface area contributed by atoms with E-state index in [2.05, 4.69) is 219 Å². The minimum atomic E-state index is -0.0967. The van der Waals surface area contributed by atoms with Crippen molar-refractivity contribution < 1.29 is 0 Å². The highest BCUT2D eigenvalue weighted by Crippen LogP contribution is 2.57. The van der Waals surface area contributed by atoms with E-state index in [-0.39, 0.29) is 5.41 Å². The van der Waals surface area contributed by atoms with Crippen LogP contribution in [0.2, 0.25) is 0 Å². The van der Waals surface area contributed by atoms with Gasteiger partial charge in [-0.15, -0.1) is 11.3 Å². The van der Waals surface area contributed by atoms with Crippen molar-refractivity contribution >= 4 is 38.5 Å². The summed E-state index contributed by atoms with van der Waals surface area (Å²) in [6.07, 6.45) is 0. The van der Waals surface area contributed by atoms with Gasteiger partial charge in [-0.1, -0.05) is 166 Å². The Hall–Kier alpha value is -6.48. The summed E-state index contributed by atoms with van der Waals surface area (Å²) in [6.45, 7) is 4.80. The molecule has 0 atom stereocenters. The minimum Gasteiger partial charge on any atom is -0.311 e. The van der Waals surface area contributed by atoms with Gasteiger partial charge in [0.05, 0.1) is 0 Å². The highest BCUT2D eigenvalue weighted by Gasteiger charge is 2.40. The Morgan fingerprint density at radius 3 is 1.38 bits per heavy atom. The molecule has 1 aliphatic carbocycles. The fraction of sp³-hybridized carbons (Fsp3) is 0.0566. The summed E-state index contributed by atoms with van der Waals surface area (Å²) in [7, 11) is 0. The van der Waals surface area contributed by atoms with Crippen LogP contribution in [0.5, 0.6) is 0 Å². The molecule has 0 saturated heterocycles. The Balaban J connectivity index is 1.00. The lowest BCUT2D eigenvalue weighted by Crippen LogP contribution is -2.16. The van der Waals surface area contributed by atoms with Crippen molar-refractivity contribution in [2.45, 2.75) is 19.3 Å². The number of thiophene rings is 1. The molecule has 1 heterocycles. The van der Waals surface area contributed by atoms with Crippen molar-refractivity contribution in [1.82, 2.24) is 0 Å². The Labute approximate surface area is 327 Å². The molecule has 1 aliphatic rings. The highest BCUT2D eigenvalue weighted by atomic mass is 32.1. The Kier molecular flexibility index (Phi) is 8.08. The van der Waals surface area contributed by atoms with Crippen LogP contribution in [0.1, 0.15) is 25.0 Å². The topological polar surface area (TPSA) is 3.24 Å². The van der Waals surface area contributed by atoms with Crippen LogP contribution in [-0.4, -0.2) is 0 Å². The smallest absolute Gasteiger partial charge is 0.0462 e. The quantitative estimate of drug-likeness (QED) is 0.158. The SMILES string of the molecule is CC1(C)c2c(-c3cccc(-c4ccc(N(c5ccc(-c6ccccc6)cc5)c5ccc(-c6ccccc6)cc5)cc4)c3)cccc2-c2sc3ccccc3c21. The van der Waals surface area contributed by atoms with Gasteiger partial charge in [0.15, 0.2) is 0 Å². The van der Waals surface area contributed by atoms with E-state index in [1.54, 1.807) is 0 Å². The molecule has 10 rings (SSSR count). The molecule has 0 amide bonds. The van der Waals surface area contributed by atoms with Crippen molar-refractivity contribution in [2.24, 2.45) is 0 Å². The third-order valence-electron chi connectivity index (χ3n) is 11.3. The summed E-state index contributed by atoms with van der Waals surface area (Å²) in [4.78, 5) is 3.77. The lowest BCUT2D eigenvalue weighted by molar-refractivity contribution is 0.669. The maximum atomic E-state index is 2.40. The van der Waals surface area contributed by atoms with E-state index in [1.165, 1.54) is 76.2 Å². The summed E-state index contributed by atoms with van der Waals surface area (Å²) in [5.74, 6) is 0. The lowest BCUT2D eigenvalue weighted by Gasteiger charge is -2.26. The van der Waals surface area contributed by atoms with E-state index in [1.807, 2.05) is 11.3 Å². The predicted molar refractivity (Wildman–Crippen MR) is 236 cm³/mol. The van der Waals surface area contributed by atoms with Gasteiger partial charge in [0, 0.05) is 32.1 Å². The lowest BCUT2D eigenvalue weighted by atomic mass is 9.78. The molecular weight excluding hydrogens is 683 g/mol. The number of hydrogen-bond acceptors (Lipinski definition) is 2. The number of fused-ring (bicyclic) bond motifs is 5. The van der Waals surface area contributed by atoms with Gasteiger partial charge in [-0.2, -0.15) is 0 Å². The molecule has 1 nitrogen and oxygen atoms in total. The molecule has 0 N–H and O–H groups in total. The van der Waals surface area contributed by atoms with Gasteiger partial charge in [0.2, 0.25) is 0 Å². The second-order valence-electron chi connectivity index (χ2n) is 14.9. The van der Waals surface area contributed by atoms with Gasteiger partial charge >= 0.3 is 0 Å². The average Bonchev–Trinajstić information content (AvgIpc) is 3.75. The number of benzene rings is 8. The monoisotopic (exact) mass is 721 g/mol. The molecular formula is C53H39NS. The van der Waals surface area contributed by atoms with E-state index in [9.17, 15) is 0 Å². The van der Waals surface area contributed by atoms with Crippen molar-refractivity contribution in [3.63, 3.8) is 0 Å². The molecule has 55 heavy (non-hydrogen) atoms. The van der Waals surface area contributed by atoms with Gasteiger partial charge in [-0.05, 0) is 115 Å². The number of rotatable bonds is 7. The van der Waals surface area contributed by atoms with Gasteiger partial charge in [0.1, 0.15) is 0 Å². The van der Waals surface area contributed by atoms with E-state index in [0.717, 1.165) is 17.1 Å². The van der Waals surface area contributed by atoms with Gasteiger partial charge in [-0.3, -0.25) is 0 Å². The molecule has 0 saturated carbocycles. The molecule has 0 bridgehead atoms. The molecule has 0 radical (unpaired) electrons. The Bertz CT molecular complexity index is 2710. The van der Waals surface area contributed by atoms with Crippen molar-refractivity contribution in [3.05, 3.63) is 211 Å². The van der Waals surface area contributed by atoms with Gasteiger partial charge in [0.25, 0.3) is 0 Å². The first kappa shape index (κ1) is 33.1. The Morgan fingerprint density at radius 2 is 0.800 bits per heavy atom. The number of anilines is 3. The van der Waals surface area contributed by atoms with Crippen LogP contribution in [-0.2, 0) is 5.41 Å². The third-order valence-corrected chi connectivity index (χ3v) is 12.5. The molecule has 262 valence electrons. The molecule has 2 heteroatoms. The first-order chi connectivity index (χ1) is 27.0. The second kappa shape index (κ2) is 13.4. The summed E-state index contributed by atoms with van der Waals surface area (Å²) >= 11 is 1.93. The normalized spacial score (nSPS) is 12.7. The summed E-state index contributed by atoms with van der Waals surface area (Å²) < 4.78 is 1.37. The molecule has 8 aromatic carbocycles. The molecule has 0 spiro atoms. The zero-order chi connectivity index (χ0) is 36.9. The number of hydrogen-bond donors (Lipinski definition) is 0. The highest BCUT2D eigenvalue weighted by molar-refractivity contribution is 7.22. The zero-order valence-corrected chi connectivity index (χ0v) is 31.7. The Morgan fingerprint density at radius 1 is 0.364 bits per heavy atom.